The summed E-state index contributed by atoms with van der Waals surface area (Å²) in [6.45, 7) is 9.41. The van der Waals surface area contributed by atoms with Crippen LogP contribution in [0.5, 0.6) is 0 Å². The lowest BCUT2D eigenvalue weighted by molar-refractivity contribution is -0.121. The number of hydrogen-bond donors (Lipinski definition) is 0. The van der Waals surface area contributed by atoms with E-state index in [1.165, 1.54) is 0 Å². The van der Waals surface area contributed by atoms with Crippen molar-refractivity contribution in [3.05, 3.63) is 12.3 Å². The molecule has 0 amide bonds. The fourth-order valence-electron chi connectivity index (χ4n) is 1.18. The molecule has 0 bridgehead atoms. The SMILES string of the molecule is C=C(N1CC(F)(F)C1)C(C)(C)C. The molecular formula is C9H15F2N. The zero-order valence-corrected chi connectivity index (χ0v) is 7.82. The largest absolute Gasteiger partial charge is 0.363 e. The van der Waals surface area contributed by atoms with E-state index in [0.717, 1.165) is 5.70 Å². The van der Waals surface area contributed by atoms with Crippen molar-refractivity contribution in [1.82, 2.24) is 4.90 Å². The van der Waals surface area contributed by atoms with Gasteiger partial charge in [-0.1, -0.05) is 27.4 Å². The molecule has 1 saturated heterocycles. The highest BCUT2D eigenvalue weighted by Crippen LogP contribution is 2.36. The van der Waals surface area contributed by atoms with Gasteiger partial charge in [-0.05, 0) is 0 Å². The summed E-state index contributed by atoms with van der Waals surface area (Å²) >= 11 is 0. The monoisotopic (exact) mass is 175 g/mol. The van der Waals surface area contributed by atoms with Crippen molar-refractivity contribution in [2.75, 3.05) is 13.1 Å². The van der Waals surface area contributed by atoms with E-state index in [4.69, 9.17) is 0 Å². The van der Waals surface area contributed by atoms with Crippen LogP contribution in [-0.4, -0.2) is 23.9 Å². The number of likely N-dealkylation sites (tertiary alicyclic amines) is 1. The third kappa shape index (κ3) is 1.76. The Morgan fingerprint density at radius 1 is 1.33 bits per heavy atom. The van der Waals surface area contributed by atoms with Crippen LogP contribution in [0.1, 0.15) is 20.8 Å². The lowest BCUT2D eigenvalue weighted by Crippen LogP contribution is -2.56. The van der Waals surface area contributed by atoms with Crippen LogP contribution in [0, 0.1) is 5.41 Å². The molecule has 0 radical (unpaired) electrons. The van der Waals surface area contributed by atoms with E-state index < -0.39 is 5.92 Å². The molecule has 0 spiro atoms. The second-order valence-corrected chi connectivity index (χ2v) is 4.41. The highest BCUT2D eigenvalue weighted by molar-refractivity contribution is 5.10. The van der Waals surface area contributed by atoms with Gasteiger partial charge < -0.3 is 4.90 Å². The predicted molar refractivity (Wildman–Crippen MR) is 45.1 cm³/mol. The Morgan fingerprint density at radius 3 is 2.00 bits per heavy atom. The summed E-state index contributed by atoms with van der Waals surface area (Å²) < 4.78 is 24.9. The maximum Gasteiger partial charge on any atom is 0.282 e. The van der Waals surface area contributed by atoms with Gasteiger partial charge in [0, 0.05) is 11.1 Å². The van der Waals surface area contributed by atoms with E-state index in [1.54, 1.807) is 4.90 Å². The van der Waals surface area contributed by atoms with Crippen LogP contribution in [0.2, 0.25) is 0 Å². The Labute approximate surface area is 72.1 Å². The molecule has 1 aliphatic rings. The van der Waals surface area contributed by atoms with E-state index in [9.17, 15) is 8.78 Å². The first-order valence-corrected chi connectivity index (χ1v) is 4.04. The van der Waals surface area contributed by atoms with Gasteiger partial charge in [0.1, 0.15) is 0 Å². The van der Waals surface area contributed by atoms with Crippen LogP contribution in [-0.2, 0) is 0 Å². The molecule has 0 atom stereocenters. The molecule has 1 fully saturated rings. The number of halogens is 2. The summed E-state index contributed by atoms with van der Waals surface area (Å²) in [5.41, 5.74) is 0.699. The van der Waals surface area contributed by atoms with Gasteiger partial charge in [0.15, 0.2) is 0 Å². The van der Waals surface area contributed by atoms with Crippen LogP contribution in [0.4, 0.5) is 8.78 Å². The Kier molecular flexibility index (Phi) is 1.93. The van der Waals surface area contributed by atoms with Gasteiger partial charge >= 0.3 is 0 Å². The van der Waals surface area contributed by atoms with Gasteiger partial charge in [0.2, 0.25) is 0 Å². The minimum atomic E-state index is -2.49. The fourth-order valence-corrected chi connectivity index (χ4v) is 1.18. The van der Waals surface area contributed by atoms with E-state index in [-0.39, 0.29) is 18.5 Å². The van der Waals surface area contributed by atoms with Crippen molar-refractivity contribution in [1.29, 1.82) is 0 Å². The first kappa shape index (κ1) is 9.49. The second-order valence-electron chi connectivity index (χ2n) is 4.41. The molecule has 0 aliphatic carbocycles. The average Bonchev–Trinajstić information content (AvgIpc) is 1.78. The van der Waals surface area contributed by atoms with Crippen molar-refractivity contribution >= 4 is 0 Å². The van der Waals surface area contributed by atoms with Crippen molar-refractivity contribution in [3.8, 4) is 0 Å². The third-order valence-electron chi connectivity index (χ3n) is 2.09. The average molecular weight is 175 g/mol. The number of nitrogens with zero attached hydrogens (tertiary/aromatic N) is 1. The molecule has 0 saturated carbocycles. The fraction of sp³-hybridized carbons (Fsp3) is 0.778. The minimum absolute atomic E-state index is 0.101. The summed E-state index contributed by atoms with van der Waals surface area (Å²) in [5, 5.41) is 0. The second kappa shape index (κ2) is 2.44. The number of allylic oxidation sites excluding steroid dienone is 1. The molecule has 0 N–H and O–H groups in total. The zero-order chi connectivity index (χ0) is 9.57. The molecule has 0 aromatic carbocycles. The summed E-state index contributed by atoms with van der Waals surface area (Å²) in [6.07, 6.45) is 0. The molecule has 0 aromatic rings. The van der Waals surface area contributed by atoms with Crippen LogP contribution >= 0.6 is 0 Å². The first-order chi connectivity index (χ1) is 5.22. The first-order valence-electron chi connectivity index (χ1n) is 4.04. The van der Waals surface area contributed by atoms with Gasteiger partial charge in [-0.2, -0.15) is 0 Å². The summed E-state index contributed by atoms with van der Waals surface area (Å²) in [4.78, 5) is 1.64. The Hall–Kier alpha value is -0.600. The molecule has 0 unspecified atom stereocenters. The predicted octanol–water partition coefficient (Wildman–Crippen LogP) is 2.50. The van der Waals surface area contributed by atoms with Crippen molar-refractivity contribution in [2.24, 2.45) is 5.41 Å². The van der Waals surface area contributed by atoms with E-state index >= 15 is 0 Å². The number of hydrogen-bond acceptors (Lipinski definition) is 1. The van der Waals surface area contributed by atoms with Crippen molar-refractivity contribution in [2.45, 2.75) is 26.7 Å². The highest BCUT2D eigenvalue weighted by Gasteiger charge is 2.45. The molecule has 1 heterocycles. The van der Waals surface area contributed by atoms with Gasteiger partial charge in [0.25, 0.3) is 5.92 Å². The van der Waals surface area contributed by atoms with E-state index in [1.807, 2.05) is 20.8 Å². The number of alkyl halides is 2. The Balaban J connectivity index is 2.50. The summed E-state index contributed by atoms with van der Waals surface area (Å²) in [6, 6.07) is 0. The lowest BCUT2D eigenvalue weighted by atomic mass is 9.90. The van der Waals surface area contributed by atoms with E-state index in [2.05, 4.69) is 6.58 Å². The zero-order valence-electron chi connectivity index (χ0n) is 7.82. The van der Waals surface area contributed by atoms with Crippen LogP contribution in [0.15, 0.2) is 12.3 Å². The maximum absolute atomic E-state index is 12.5. The third-order valence-corrected chi connectivity index (χ3v) is 2.09. The summed E-state index contributed by atoms with van der Waals surface area (Å²) in [7, 11) is 0. The van der Waals surface area contributed by atoms with Crippen molar-refractivity contribution < 1.29 is 8.78 Å². The molecule has 12 heavy (non-hydrogen) atoms. The molecule has 70 valence electrons. The van der Waals surface area contributed by atoms with Gasteiger partial charge in [0.05, 0.1) is 13.1 Å². The normalized spacial score (nSPS) is 21.9. The van der Waals surface area contributed by atoms with Gasteiger partial charge in [-0.15, -0.1) is 0 Å². The summed E-state index contributed by atoms with van der Waals surface area (Å²) in [5.74, 6) is -2.49. The molecular weight excluding hydrogens is 160 g/mol. The minimum Gasteiger partial charge on any atom is -0.363 e. The Bertz CT molecular complexity index is 195. The molecule has 3 heteroatoms. The molecule has 0 aromatic heterocycles. The topological polar surface area (TPSA) is 3.24 Å². The molecule has 1 nitrogen and oxygen atoms in total. The van der Waals surface area contributed by atoms with Crippen LogP contribution < -0.4 is 0 Å². The lowest BCUT2D eigenvalue weighted by Gasteiger charge is -2.45. The number of rotatable bonds is 1. The molecule has 1 aliphatic heterocycles. The van der Waals surface area contributed by atoms with Crippen molar-refractivity contribution in [3.63, 3.8) is 0 Å². The van der Waals surface area contributed by atoms with Crippen LogP contribution in [0.3, 0.4) is 0 Å². The quantitative estimate of drug-likeness (QED) is 0.592. The van der Waals surface area contributed by atoms with Gasteiger partial charge in [-0.25, -0.2) is 8.78 Å². The van der Waals surface area contributed by atoms with Gasteiger partial charge in [-0.3, -0.25) is 0 Å². The van der Waals surface area contributed by atoms with Crippen LogP contribution in [0.25, 0.3) is 0 Å². The standard InChI is InChI=1S/C9H15F2N/c1-7(8(2,3)4)12-5-9(10,11)6-12/h1,5-6H2,2-4H3. The molecule has 1 rings (SSSR count). The smallest absolute Gasteiger partial charge is 0.282 e. The van der Waals surface area contributed by atoms with E-state index in [0.29, 0.717) is 0 Å². The highest BCUT2D eigenvalue weighted by atomic mass is 19.3. The maximum atomic E-state index is 12.5. The Morgan fingerprint density at radius 2 is 1.75 bits per heavy atom.